The van der Waals surface area contributed by atoms with E-state index < -0.39 is 0 Å². The normalized spacial score (nSPS) is 43.0. The van der Waals surface area contributed by atoms with Crippen molar-refractivity contribution in [2.45, 2.75) is 64.2 Å². The van der Waals surface area contributed by atoms with E-state index in [1.165, 1.54) is 38.9 Å². The summed E-state index contributed by atoms with van der Waals surface area (Å²) in [5.41, 5.74) is -0.104. The predicted octanol–water partition coefficient (Wildman–Crippen LogP) is 2.51. The molecule has 0 bridgehead atoms. The van der Waals surface area contributed by atoms with Gasteiger partial charge in [-0.2, -0.15) is 0 Å². The standard InChI is InChI=1S/C17H32N2O/c1-16(2)14(15(18-5)17(3,4)20-16)11-19-9-12-7-6-8-13(12)10-19/h12-15,18H,6-11H2,1-5H3. The van der Waals surface area contributed by atoms with Crippen LogP contribution in [0.4, 0.5) is 0 Å². The molecule has 3 nitrogen and oxygen atoms in total. The zero-order valence-electron chi connectivity index (χ0n) is 13.9. The third kappa shape index (κ3) is 2.42. The highest BCUT2D eigenvalue weighted by Gasteiger charge is 2.54. The summed E-state index contributed by atoms with van der Waals surface area (Å²) in [6.45, 7) is 12.8. The van der Waals surface area contributed by atoms with E-state index in [2.05, 4.69) is 45.0 Å². The van der Waals surface area contributed by atoms with Crippen molar-refractivity contribution in [3.8, 4) is 0 Å². The number of likely N-dealkylation sites (tertiary alicyclic amines) is 1. The molecule has 1 aliphatic carbocycles. The highest BCUT2D eigenvalue weighted by molar-refractivity contribution is 5.06. The molecule has 0 aromatic carbocycles. The molecule has 1 saturated carbocycles. The molecule has 0 spiro atoms. The Morgan fingerprint density at radius 2 is 1.65 bits per heavy atom. The van der Waals surface area contributed by atoms with Gasteiger partial charge >= 0.3 is 0 Å². The molecule has 3 rings (SSSR count). The molecule has 20 heavy (non-hydrogen) atoms. The molecule has 0 radical (unpaired) electrons. The van der Waals surface area contributed by atoms with Gasteiger partial charge in [0, 0.05) is 31.6 Å². The SMILES string of the molecule is CNC1C(CN2CC3CCCC3C2)C(C)(C)OC1(C)C. The van der Waals surface area contributed by atoms with Gasteiger partial charge in [0.25, 0.3) is 0 Å². The highest BCUT2D eigenvalue weighted by Crippen LogP contribution is 2.44. The van der Waals surface area contributed by atoms with Crippen molar-refractivity contribution in [2.75, 3.05) is 26.7 Å². The Kier molecular flexibility index (Phi) is 3.67. The molecule has 3 aliphatic rings. The van der Waals surface area contributed by atoms with Crippen molar-refractivity contribution >= 4 is 0 Å². The van der Waals surface area contributed by atoms with Gasteiger partial charge < -0.3 is 15.0 Å². The van der Waals surface area contributed by atoms with Gasteiger partial charge in [0.1, 0.15) is 0 Å². The van der Waals surface area contributed by atoms with E-state index in [4.69, 9.17) is 4.74 Å². The van der Waals surface area contributed by atoms with Crippen LogP contribution < -0.4 is 5.32 Å². The fourth-order valence-corrected chi connectivity index (χ4v) is 5.34. The topological polar surface area (TPSA) is 24.5 Å². The summed E-state index contributed by atoms with van der Waals surface area (Å²) in [4.78, 5) is 2.72. The van der Waals surface area contributed by atoms with E-state index in [0.717, 1.165) is 11.8 Å². The molecular weight excluding hydrogens is 248 g/mol. The van der Waals surface area contributed by atoms with Gasteiger partial charge in [-0.1, -0.05) is 6.42 Å². The molecule has 2 aliphatic heterocycles. The molecule has 2 heterocycles. The summed E-state index contributed by atoms with van der Waals surface area (Å²) < 4.78 is 6.37. The Bertz CT molecular complexity index is 354. The number of nitrogens with zero attached hydrogens (tertiary/aromatic N) is 1. The Labute approximate surface area is 124 Å². The van der Waals surface area contributed by atoms with Gasteiger partial charge in [-0.25, -0.2) is 0 Å². The number of nitrogens with one attached hydrogen (secondary N) is 1. The third-order valence-electron chi connectivity index (χ3n) is 6.14. The van der Waals surface area contributed by atoms with E-state index in [1.807, 2.05) is 0 Å². The molecule has 0 aromatic heterocycles. The fraction of sp³-hybridized carbons (Fsp3) is 1.00. The number of likely N-dealkylation sites (N-methyl/N-ethyl adjacent to an activating group) is 1. The molecule has 1 N–H and O–H groups in total. The van der Waals surface area contributed by atoms with Crippen molar-refractivity contribution < 1.29 is 4.74 Å². The summed E-state index contributed by atoms with van der Waals surface area (Å²) in [7, 11) is 2.09. The lowest BCUT2D eigenvalue weighted by Crippen LogP contribution is -2.49. The third-order valence-corrected chi connectivity index (χ3v) is 6.14. The van der Waals surface area contributed by atoms with E-state index in [9.17, 15) is 0 Å². The maximum absolute atomic E-state index is 6.37. The minimum Gasteiger partial charge on any atom is -0.368 e. The van der Waals surface area contributed by atoms with Crippen LogP contribution in [0.3, 0.4) is 0 Å². The van der Waals surface area contributed by atoms with Gasteiger partial charge in [0.05, 0.1) is 11.2 Å². The smallest absolute Gasteiger partial charge is 0.0790 e. The van der Waals surface area contributed by atoms with Crippen molar-refractivity contribution in [3.05, 3.63) is 0 Å². The van der Waals surface area contributed by atoms with Gasteiger partial charge in [-0.15, -0.1) is 0 Å². The molecule has 3 fully saturated rings. The number of fused-ring (bicyclic) bond motifs is 1. The van der Waals surface area contributed by atoms with E-state index in [1.54, 1.807) is 0 Å². The second-order valence-corrected chi connectivity index (χ2v) is 8.35. The molecule has 4 unspecified atom stereocenters. The fourth-order valence-electron chi connectivity index (χ4n) is 5.34. The second-order valence-electron chi connectivity index (χ2n) is 8.35. The summed E-state index contributed by atoms with van der Waals surface area (Å²) in [5, 5.41) is 3.53. The van der Waals surface area contributed by atoms with Gasteiger partial charge in [0.15, 0.2) is 0 Å². The predicted molar refractivity (Wildman–Crippen MR) is 82.9 cm³/mol. The summed E-state index contributed by atoms with van der Waals surface area (Å²) in [6.07, 6.45) is 4.40. The van der Waals surface area contributed by atoms with Crippen LogP contribution in [0.15, 0.2) is 0 Å². The molecule has 0 aromatic rings. The van der Waals surface area contributed by atoms with Crippen LogP contribution in [-0.4, -0.2) is 48.8 Å². The first kappa shape index (κ1) is 14.8. The molecule has 3 heteroatoms. The van der Waals surface area contributed by atoms with Crippen molar-refractivity contribution in [2.24, 2.45) is 17.8 Å². The summed E-state index contributed by atoms with van der Waals surface area (Å²) in [5.74, 6) is 2.55. The lowest BCUT2D eigenvalue weighted by atomic mass is 9.82. The number of hydrogen-bond donors (Lipinski definition) is 1. The number of ether oxygens (including phenoxy) is 1. The Hall–Kier alpha value is -0.120. The zero-order valence-corrected chi connectivity index (χ0v) is 13.9. The molecule has 2 saturated heterocycles. The van der Waals surface area contributed by atoms with Gasteiger partial charge in [-0.3, -0.25) is 0 Å². The molecule has 116 valence electrons. The largest absolute Gasteiger partial charge is 0.368 e. The first-order valence-electron chi connectivity index (χ1n) is 8.43. The maximum Gasteiger partial charge on any atom is 0.0790 e. The average Bonchev–Trinajstić information content (AvgIpc) is 2.90. The minimum atomic E-state index is -0.0709. The monoisotopic (exact) mass is 280 g/mol. The quantitative estimate of drug-likeness (QED) is 0.860. The molecule has 0 amide bonds. The van der Waals surface area contributed by atoms with Crippen LogP contribution in [0.25, 0.3) is 0 Å². The van der Waals surface area contributed by atoms with E-state index >= 15 is 0 Å². The Balaban J connectivity index is 1.69. The van der Waals surface area contributed by atoms with Gasteiger partial charge in [-0.05, 0) is 59.4 Å². The highest BCUT2D eigenvalue weighted by atomic mass is 16.5. The van der Waals surface area contributed by atoms with Crippen LogP contribution in [0.1, 0.15) is 47.0 Å². The van der Waals surface area contributed by atoms with Crippen LogP contribution in [0, 0.1) is 17.8 Å². The number of hydrogen-bond acceptors (Lipinski definition) is 3. The average molecular weight is 280 g/mol. The minimum absolute atomic E-state index is 0.0329. The first-order chi connectivity index (χ1) is 9.33. The maximum atomic E-state index is 6.37. The lowest BCUT2D eigenvalue weighted by Gasteiger charge is -2.33. The Morgan fingerprint density at radius 3 is 2.20 bits per heavy atom. The molecule has 4 atom stereocenters. The van der Waals surface area contributed by atoms with Gasteiger partial charge in [0.2, 0.25) is 0 Å². The van der Waals surface area contributed by atoms with Crippen LogP contribution in [-0.2, 0) is 4.74 Å². The lowest BCUT2D eigenvalue weighted by molar-refractivity contribution is -0.0791. The van der Waals surface area contributed by atoms with Crippen molar-refractivity contribution in [1.29, 1.82) is 0 Å². The second kappa shape index (κ2) is 4.96. The van der Waals surface area contributed by atoms with Crippen LogP contribution >= 0.6 is 0 Å². The van der Waals surface area contributed by atoms with E-state index in [-0.39, 0.29) is 11.2 Å². The molecular formula is C17H32N2O. The Morgan fingerprint density at radius 1 is 1.05 bits per heavy atom. The van der Waals surface area contributed by atoms with Crippen LogP contribution in [0.5, 0.6) is 0 Å². The number of rotatable bonds is 3. The summed E-state index contributed by atoms with van der Waals surface area (Å²) >= 11 is 0. The van der Waals surface area contributed by atoms with Crippen molar-refractivity contribution in [3.63, 3.8) is 0 Å². The van der Waals surface area contributed by atoms with Crippen molar-refractivity contribution in [1.82, 2.24) is 10.2 Å². The van der Waals surface area contributed by atoms with Crippen LogP contribution in [0.2, 0.25) is 0 Å². The zero-order chi connectivity index (χ0) is 14.5. The summed E-state index contributed by atoms with van der Waals surface area (Å²) in [6, 6.07) is 0.443. The van der Waals surface area contributed by atoms with E-state index in [0.29, 0.717) is 12.0 Å². The first-order valence-corrected chi connectivity index (χ1v) is 8.43.